The van der Waals surface area contributed by atoms with Crippen molar-refractivity contribution in [2.45, 2.75) is 32.6 Å². The molecule has 0 aliphatic heterocycles. The van der Waals surface area contributed by atoms with Crippen molar-refractivity contribution in [1.82, 2.24) is 15.5 Å². The molecule has 1 aromatic rings. The van der Waals surface area contributed by atoms with Gasteiger partial charge < -0.3 is 20.3 Å². The summed E-state index contributed by atoms with van der Waals surface area (Å²) >= 11 is 0. The van der Waals surface area contributed by atoms with E-state index in [2.05, 4.69) is 42.5 Å². The maximum Gasteiger partial charge on any atom is 0.243 e. The topological polar surface area (TPSA) is 66.0 Å². The predicted octanol–water partition coefficient (Wildman–Crippen LogP) is 2.01. The van der Waals surface area contributed by atoms with Crippen LogP contribution in [0.5, 0.6) is 5.75 Å². The Hall–Kier alpha value is -2.24. The number of nitrogens with zero attached hydrogens (tertiary/aromatic N) is 2. The summed E-state index contributed by atoms with van der Waals surface area (Å²) in [6.45, 7) is 8.04. The zero-order valence-corrected chi connectivity index (χ0v) is 16.3. The Morgan fingerprint density at radius 1 is 1.28 bits per heavy atom. The molecule has 25 heavy (non-hydrogen) atoms. The van der Waals surface area contributed by atoms with Crippen LogP contribution in [0.4, 0.5) is 0 Å². The van der Waals surface area contributed by atoms with Crippen LogP contribution in [0.15, 0.2) is 29.3 Å². The smallest absolute Gasteiger partial charge is 0.243 e. The summed E-state index contributed by atoms with van der Waals surface area (Å²) in [5.74, 6) is 1.48. The lowest BCUT2D eigenvalue weighted by Crippen LogP contribution is -2.44. The quantitative estimate of drug-likeness (QED) is 0.557. The number of methoxy groups -OCH3 is 1. The largest absolute Gasteiger partial charge is 0.497 e. The van der Waals surface area contributed by atoms with Gasteiger partial charge in [0.25, 0.3) is 0 Å². The summed E-state index contributed by atoms with van der Waals surface area (Å²) in [7, 11) is 5.14. The van der Waals surface area contributed by atoms with E-state index in [9.17, 15) is 4.79 Å². The highest BCUT2D eigenvalue weighted by Crippen LogP contribution is 2.25. The molecule has 0 fully saturated rings. The zero-order valence-electron chi connectivity index (χ0n) is 16.3. The fourth-order valence-corrected chi connectivity index (χ4v) is 2.16. The van der Waals surface area contributed by atoms with Gasteiger partial charge in [-0.25, -0.2) is 4.99 Å². The zero-order chi connectivity index (χ0) is 18.9. The Kier molecular flexibility index (Phi) is 8.25. The van der Waals surface area contributed by atoms with E-state index in [1.165, 1.54) is 5.56 Å². The van der Waals surface area contributed by atoms with Gasteiger partial charge in [-0.3, -0.25) is 4.79 Å². The van der Waals surface area contributed by atoms with Crippen molar-refractivity contribution in [1.29, 1.82) is 0 Å². The molecule has 0 saturated carbocycles. The van der Waals surface area contributed by atoms with Crippen LogP contribution >= 0.6 is 0 Å². The van der Waals surface area contributed by atoms with Gasteiger partial charge in [0.15, 0.2) is 5.96 Å². The van der Waals surface area contributed by atoms with E-state index in [4.69, 9.17) is 4.74 Å². The Balaban J connectivity index is 2.78. The van der Waals surface area contributed by atoms with Gasteiger partial charge in [0, 0.05) is 32.6 Å². The molecule has 0 aromatic heterocycles. The first-order valence-corrected chi connectivity index (χ1v) is 8.67. The number of aliphatic imine (C=N–C) groups is 1. The number of amides is 1. The lowest BCUT2D eigenvalue weighted by Gasteiger charge is -2.27. The van der Waals surface area contributed by atoms with Crippen LogP contribution < -0.4 is 15.4 Å². The van der Waals surface area contributed by atoms with Gasteiger partial charge >= 0.3 is 0 Å². The molecule has 1 aromatic carbocycles. The van der Waals surface area contributed by atoms with Crippen LogP contribution in [0.25, 0.3) is 0 Å². The second kappa shape index (κ2) is 9.91. The standard InChI is InChI=1S/C19H32N4O2/c1-7-11-20-18(21-13-17(24)23(4)5)22-14-19(2,3)15-9-8-10-16(12-15)25-6/h8-10,12H,7,11,13-14H2,1-6H3,(H2,20,21,22). The number of hydrogen-bond acceptors (Lipinski definition) is 3. The van der Waals surface area contributed by atoms with Gasteiger partial charge in [-0.1, -0.05) is 32.9 Å². The molecule has 2 N–H and O–H groups in total. The second-order valence-electron chi connectivity index (χ2n) is 6.85. The van der Waals surface area contributed by atoms with Crippen molar-refractivity contribution in [3.63, 3.8) is 0 Å². The molecule has 0 bridgehead atoms. The molecule has 140 valence electrons. The lowest BCUT2D eigenvalue weighted by molar-refractivity contribution is -0.127. The highest BCUT2D eigenvalue weighted by atomic mass is 16.5. The van der Waals surface area contributed by atoms with E-state index in [1.54, 1.807) is 26.1 Å². The molecule has 6 nitrogen and oxygen atoms in total. The number of likely N-dealkylation sites (N-methyl/N-ethyl adjacent to an activating group) is 1. The molecular formula is C19H32N4O2. The van der Waals surface area contributed by atoms with E-state index < -0.39 is 0 Å². The molecule has 6 heteroatoms. The SMILES string of the molecule is CCCNC(=NCC(=O)N(C)C)NCC(C)(C)c1cccc(OC)c1. The minimum Gasteiger partial charge on any atom is -0.497 e. The van der Waals surface area contributed by atoms with Gasteiger partial charge in [-0.2, -0.15) is 0 Å². The number of carbonyl (C=O) groups is 1. The number of rotatable bonds is 8. The molecule has 1 amide bonds. The lowest BCUT2D eigenvalue weighted by atomic mass is 9.84. The number of ether oxygens (including phenoxy) is 1. The summed E-state index contributed by atoms with van der Waals surface area (Å²) in [6, 6.07) is 8.08. The number of carbonyl (C=O) groups excluding carboxylic acids is 1. The van der Waals surface area contributed by atoms with Crippen LogP contribution in [0.3, 0.4) is 0 Å². The summed E-state index contributed by atoms with van der Waals surface area (Å²) in [5, 5.41) is 6.61. The maximum atomic E-state index is 11.8. The number of guanidine groups is 1. The minimum atomic E-state index is -0.116. The van der Waals surface area contributed by atoms with Gasteiger partial charge in [-0.15, -0.1) is 0 Å². The monoisotopic (exact) mass is 348 g/mol. The molecule has 0 atom stereocenters. The molecule has 0 saturated heterocycles. The predicted molar refractivity (Wildman–Crippen MR) is 103 cm³/mol. The molecule has 0 aliphatic carbocycles. The van der Waals surface area contributed by atoms with Crippen LogP contribution in [0.2, 0.25) is 0 Å². The minimum absolute atomic E-state index is 0.0235. The van der Waals surface area contributed by atoms with E-state index in [0.29, 0.717) is 12.5 Å². The number of benzene rings is 1. The fraction of sp³-hybridized carbons (Fsp3) is 0.579. The van der Waals surface area contributed by atoms with E-state index >= 15 is 0 Å². The molecule has 1 rings (SSSR count). The molecule has 0 aliphatic rings. The van der Waals surface area contributed by atoms with Gasteiger partial charge in [0.05, 0.1) is 7.11 Å². The summed E-state index contributed by atoms with van der Waals surface area (Å²) in [4.78, 5) is 17.7. The van der Waals surface area contributed by atoms with Gasteiger partial charge in [-0.05, 0) is 24.1 Å². The van der Waals surface area contributed by atoms with E-state index in [1.807, 2.05) is 18.2 Å². The second-order valence-corrected chi connectivity index (χ2v) is 6.85. The molecule has 0 heterocycles. The number of hydrogen-bond donors (Lipinski definition) is 2. The third kappa shape index (κ3) is 7.03. The first-order chi connectivity index (χ1) is 11.8. The average molecular weight is 348 g/mol. The van der Waals surface area contributed by atoms with Crippen LogP contribution in [0, 0.1) is 0 Å². The highest BCUT2D eigenvalue weighted by molar-refractivity contribution is 5.84. The highest BCUT2D eigenvalue weighted by Gasteiger charge is 2.21. The van der Waals surface area contributed by atoms with Crippen LogP contribution in [-0.2, 0) is 10.2 Å². The first kappa shape index (κ1) is 20.8. The summed E-state index contributed by atoms with van der Waals surface area (Å²) in [6.07, 6.45) is 0.988. The summed E-state index contributed by atoms with van der Waals surface area (Å²) < 4.78 is 5.32. The molecule has 0 unspecified atom stereocenters. The average Bonchev–Trinajstić information content (AvgIpc) is 2.60. The van der Waals surface area contributed by atoms with Gasteiger partial charge in [0.1, 0.15) is 12.3 Å². The Morgan fingerprint density at radius 2 is 2.00 bits per heavy atom. The normalized spacial score (nSPS) is 11.8. The van der Waals surface area contributed by atoms with Crippen molar-refractivity contribution >= 4 is 11.9 Å². The van der Waals surface area contributed by atoms with Crippen molar-refractivity contribution in [3.8, 4) is 5.75 Å². The number of nitrogens with one attached hydrogen (secondary N) is 2. The van der Waals surface area contributed by atoms with Crippen LogP contribution in [-0.4, -0.2) is 57.6 Å². The van der Waals surface area contributed by atoms with Crippen molar-refractivity contribution < 1.29 is 9.53 Å². The molecular weight excluding hydrogens is 316 g/mol. The van der Waals surface area contributed by atoms with E-state index in [-0.39, 0.29) is 17.9 Å². The molecule has 0 spiro atoms. The van der Waals surface area contributed by atoms with Gasteiger partial charge in [0.2, 0.25) is 5.91 Å². The first-order valence-electron chi connectivity index (χ1n) is 8.67. The third-order valence-corrected chi connectivity index (χ3v) is 3.96. The van der Waals surface area contributed by atoms with Crippen molar-refractivity contribution in [2.24, 2.45) is 4.99 Å². The Bertz CT molecular complexity index is 583. The maximum absolute atomic E-state index is 11.8. The molecule has 0 radical (unpaired) electrons. The summed E-state index contributed by atoms with van der Waals surface area (Å²) in [5.41, 5.74) is 1.06. The van der Waals surface area contributed by atoms with E-state index in [0.717, 1.165) is 18.7 Å². The fourth-order valence-electron chi connectivity index (χ4n) is 2.16. The van der Waals surface area contributed by atoms with Crippen molar-refractivity contribution in [3.05, 3.63) is 29.8 Å². The third-order valence-electron chi connectivity index (χ3n) is 3.96. The Morgan fingerprint density at radius 3 is 2.60 bits per heavy atom. The Labute approximate surface area is 151 Å². The van der Waals surface area contributed by atoms with Crippen LogP contribution in [0.1, 0.15) is 32.8 Å². The van der Waals surface area contributed by atoms with Crippen molar-refractivity contribution in [2.75, 3.05) is 40.8 Å².